The topological polar surface area (TPSA) is 60.1 Å². The monoisotopic (exact) mass is 288 g/mol. The Morgan fingerprint density at radius 2 is 1.41 bits per heavy atom. The third-order valence-corrected chi connectivity index (χ3v) is 1.59. The second kappa shape index (κ2) is 9.62. The third-order valence-electron chi connectivity index (χ3n) is 1.59. The smallest absolute Gasteiger partial charge is 0.131 e. The fraction of sp³-hybridized carbons (Fsp3) is 0. The number of rotatable bonds is 2. The molecule has 0 aliphatic carbocycles. The Balaban J connectivity index is 0.000000583. The van der Waals surface area contributed by atoms with Crippen molar-refractivity contribution in [3.63, 3.8) is 0 Å². The van der Waals surface area contributed by atoms with Gasteiger partial charge < -0.3 is 10.7 Å². The van der Waals surface area contributed by atoms with Gasteiger partial charge in [0.25, 0.3) is 0 Å². The van der Waals surface area contributed by atoms with Crippen LogP contribution >= 0.6 is 12.2 Å². The summed E-state index contributed by atoms with van der Waals surface area (Å²) in [6.07, 6.45) is 3.48. The normalized spacial score (nSPS) is 7.76. The van der Waals surface area contributed by atoms with E-state index in [-0.39, 0.29) is 16.8 Å². The number of anilines is 2. The van der Waals surface area contributed by atoms with Crippen molar-refractivity contribution in [2.24, 2.45) is 0 Å². The number of isothiocyanates is 1. The van der Waals surface area contributed by atoms with Crippen molar-refractivity contribution >= 4 is 29.0 Å². The standard InChI is InChI=1S/C10H9N3.CNS.Co/c1-3-7-11-9(5-1)13-10-6-2-4-8-12-10;2-1-3;/h1-8H,(H,11,12,13);;/q;-1;. The van der Waals surface area contributed by atoms with Crippen LogP contribution in [0.25, 0.3) is 5.41 Å². The van der Waals surface area contributed by atoms with Gasteiger partial charge in [0.1, 0.15) is 11.6 Å². The van der Waals surface area contributed by atoms with Gasteiger partial charge in [0.2, 0.25) is 0 Å². The zero-order chi connectivity index (χ0) is 11.6. The molecule has 1 radical (unpaired) electrons. The maximum absolute atomic E-state index is 7.13. The molecule has 2 rings (SSSR count). The van der Waals surface area contributed by atoms with Gasteiger partial charge in [0.15, 0.2) is 0 Å². The van der Waals surface area contributed by atoms with E-state index in [2.05, 4.69) is 27.5 Å². The van der Waals surface area contributed by atoms with Crippen LogP contribution in [0.1, 0.15) is 0 Å². The van der Waals surface area contributed by atoms with E-state index in [9.17, 15) is 0 Å². The molecular weight excluding hydrogens is 279 g/mol. The number of aromatic nitrogens is 2. The average molecular weight is 288 g/mol. The number of nitrogens with zero attached hydrogens (tertiary/aromatic N) is 3. The Morgan fingerprint density at radius 3 is 1.71 bits per heavy atom. The first kappa shape index (κ1) is 15.4. The van der Waals surface area contributed by atoms with Crippen molar-refractivity contribution in [1.82, 2.24) is 9.97 Å². The van der Waals surface area contributed by atoms with Gasteiger partial charge in [-0.15, -0.1) is 0 Å². The first-order chi connectivity index (χ1) is 7.86. The van der Waals surface area contributed by atoms with Gasteiger partial charge in [-0.1, -0.05) is 24.4 Å². The summed E-state index contributed by atoms with van der Waals surface area (Å²) in [6.45, 7) is 0. The van der Waals surface area contributed by atoms with Crippen LogP contribution < -0.4 is 5.32 Å². The molecule has 2 aromatic heterocycles. The van der Waals surface area contributed by atoms with Gasteiger partial charge in [-0.05, 0) is 24.3 Å². The number of pyridine rings is 2. The molecule has 0 atom stereocenters. The quantitative estimate of drug-likeness (QED) is 0.682. The van der Waals surface area contributed by atoms with E-state index in [0.29, 0.717) is 0 Å². The van der Waals surface area contributed by atoms with Crippen LogP contribution in [-0.4, -0.2) is 15.1 Å². The van der Waals surface area contributed by atoms with Crippen molar-refractivity contribution in [3.05, 3.63) is 54.2 Å². The Morgan fingerprint density at radius 1 is 1.00 bits per heavy atom. The second-order valence-electron chi connectivity index (χ2n) is 2.65. The van der Waals surface area contributed by atoms with Gasteiger partial charge in [-0.3, -0.25) is 0 Å². The summed E-state index contributed by atoms with van der Waals surface area (Å²) < 4.78 is 0. The second-order valence-corrected chi connectivity index (χ2v) is 2.83. The third kappa shape index (κ3) is 6.55. The molecule has 17 heavy (non-hydrogen) atoms. The summed E-state index contributed by atoms with van der Waals surface area (Å²) >= 11 is 3.70. The molecule has 0 unspecified atom stereocenters. The van der Waals surface area contributed by atoms with E-state index < -0.39 is 0 Å². The Hall–Kier alpha value is -1.59. The fourth-order valence-electron chi connectivity index (χ4n) is 1.00. The molecule has 89 valence electrons. The molecule has 0 aromatic carbocycles. The van der Waals surface area contributed by atoms with Crippen molar-refractivity contribution in [2.45, 2.75) is 0 Å². The molecule has 0 saturated heterocycles. The predicted octanol–water partition coefficient (Wildman–Crippen LogP) is 2.88. The molecule has 0 bridgehead atoms. The number of nitrogens with one attached hydrogen (secondary N) is 1. The van der Waals surface area contributed by atoms with Crippen LogP contribution in [0.2, 0.25) is 0 Å². The largest absolute Gasteiger partial charge is 0.753 e. The number of thiocarbonyl (C=S) groups is 1. The SMILES string of the molecule is [Co].[N-]=C=S.c1ccc(Nc2ccccn2)nc1. The summed E-state index contributed by atoms with van der Waals surface area (Å²) in [5.74, 6) is 1.61. The number of hydrogen-bond donors (Lipinski definition) is 1. The van der Waals surface area contributed by atoms with E-state index >= 15 is 0 Å². The van der Waals surface area contributed by atoms with E-state index in [1.807, 2.05) is 36.4 Å². The molecule has 0 spiro atoms. The van der Waals surface area contributed by atoms with Crippen molar-refractivity contribution < 1.29 is 16.8 Å². The van der Waals surface area contributed by atoms with Crippen molar-refractivity contribution in [3.8, 4) is 0 Å². The summed E-state index contributed by atoms with van der Waals surface area (Å²) in [7, 11) is 0. The molecule has 1 N–H and O–H groups in total. The molecular formula is C11H9CoN4S-. The minimum atomic E-state index is 0. The van der Waals surface area contributed by atoms with Crippen molar-refractivity contribution in [1.29, 1.82) is 0 Å². The van der Waals surface area contributed by atoms with Crippen molar-refractivity contribution in [2.75, 3.05) is 5.32 Å². The van der Waals surface area contributed by atoms with Gasteiger partial charge in [-0.2, -0.15) is 5.16 Å². The minimum Gasteiger partial charge on any atom is -0.753 e. The van der Waals surface area contributed by atoms with Crippen LogP contribution in [0.4, 0.5) is 11.6 Å². The van der Waals surface area contributed by atoms with Crippen LogP contribution in [0.15, 0.2) is 48.8 Å². The first-order valence-electron chi connectivity index (χ1n) is 4.47. The summed E-state index contributed by atoms with van der Waals surface area (Å²) in [4.78, 5) is 8.25. The fourth-order valence-corrected chi connectivity index (χ4v) is 1.00. The molecule has 2 heterocycles. The van der Waals surface area contributed by atoms with E-state index in [1.165, 1.54) is 5.16 Å². The first-order valence-corrected chi connectivity index (χ1v) is 4.88. The molecule has 4 nitrogen and oxygen atoms in total. The minimum absolute atomic E-state index is 0. The van der Waals surface area contributed by atoms with Crippen LogP contribution in [0, 0.1) is 0 Å². The number of hydrogen-bond acceptors (Lipinski definition) is 4. The zero-order valence-electron chi connectivity index (χ0n) is 8.70. The Labute approximate surface area is 115 Å². The molecule has 2 aromatic rings. The van der Waals surface area contributed by atoms with E-state index in [4.69, 9.17) is 5.41 Å². The molecule has 0 saturated carbocycles. The van der Waals surface area contributed by atoms with Crippen LogP contribution in [-0.2, 0) is 16.8 Å². The zero-order valence-corrected chi connectivity index (χ0v) is 10.6. The van der Waals surface area contributed by atoms with Crippen LogP contribution in [0.3, 0.4) is 0 Å². The van der Waals surface area contributed by atoms with Gasteiger partial charge in [0.05, 0.1) is 0 Å². The Bertz CT molecular complexity index is 406. The average Bonchev–Trinajstić information content (AvgIpc) is 2.33. The maximum Gasteiger partial charge on any atom is 0.131 e. The predicted molar refractivity (Wildman–Crippen MR) is 67.7 cm³/mol. The molecule has 0 aliphatic rings. The molecule has 0 amide bonds. The summed E-state index contributed by atoms with van der Waals surface area (Å²) in [5, 5.41) is 11.5. The summed E-state index contributed by atoms with van der Waals surface area (Å²) in [6, 6.07) is 11.4. The van der Waals surface area contributed by atoms with Gasteiger partial charge in [0, 0.05) is 29.2 Å². The van der Waals surface area contributed by atoms with E-state index in [1.54, 1.807) is 12.4 Å². The summed E-state index contributed by atoms with van der Waals surface area (Å²) in [5.41, 5.74) is 0. The van der Waals surface area contributed by atoms with Gasteiger partial charge >= 0.3 is 0 Å². The Kier molecular flexibility index (Phi) is 8.72. The van der Waals surface area contributed by atoms with Gasteiger partial charge in [-0.25, -0.2) is 9.97 Å². The molecule has 0 aliphatic heterocycles. The maximum atomic E-state index is 7.13. The van der Waals surface area contributed by atoms with Crippen LogP contribution in [0.5, 0.6) is 0 Å². The van der Waals surface area contributed by atoms with E-state index in [0.717, 1.165) is 11.6 Å². The molecule has 6 heteroatoms. The molecule has 0 fully saturated rings.